The van der Waals surface area contributed by atoms with Gasteiger partial charge in [0, 0.05) is 12.6 Å². The number of likely N-dealkylation sites (N-methyl/N-ethyl adjacent to an activating group) is 1. The van der Waals surface area contributed by atoms with Gasteiger partial charge in [0.05, 0.1) is 11.7 Å². The molecular formula is C12H17N3. The molecule has 2 aromatic rings. The molecule has 0 saturated carbocycles. The number of imidazole rings is 1. The van der Waals surface area contributed by atoms with E-state index in [-0.39, 0.29) is 0 Å². The fourth-order valence-electron chi connectivity index (χ4n) is 1.87. The molecular weight excluding hydrogens is 186 g/mol. The highest BCUT2D eigenvalue weighted by Gasteiger charge is 2.04. The number of pyridine rings is 1. The van der Waals surface area contributed by atoms with Crippen LogP contribution in [-0.2, 0) is 12.8 Å². The average molecular weight is 203 g/mol. The number of rotatable bonds is 4. The third-order valence-electron chi connectivity index (χ3n) is 2.70. The molecule has 0 unspecified atom stereocenters. The van der Waals surface area contributed by atoms with Crippen LogP contribution in [0.15, 0.2) is 24.5 Å². The van der Waals surface area contributed by atoms with Crippen LogP contribution in [-0.4, -0.2) is 23.0 Å². The summed E-state index contributed by atoms with van der Waals surface area (Å²) >= 11 is 0. The fourth-order valence-corrected chi connectivity index (χ4v) is 1.87. The van der Waals surface area contributed by atoms with Gasteiger partial charge in [-0.05, 0) is 31.6 Å². The fraction of sp³-hybridized carbons (Fsp3) is 0.417. The van der Waals surface area contributed by atoms with E-state index < -0.39 is 0 Å². The van der Waals surface area contributed by atoms with E-state index in [1.165, 1.54) is 11.1 Å². The number of fused-ring (bicyclic) bond motifs is 1. The lowest BCUT2D eigenvalue weighted by Gasteiger charge is -2.04. The van der Waals surface area contributed by atoms with Crippen LogP contribution >= 0.6 is 0 Å². The second kappa shape index (κ2) is 4.45. The minimum absolute atomic E-state index is 0.976. The Morgan fingerprint density at radius 2 is 2.33 bits per heavy atom. The van der Waals surface area contributed by atoms with Gasteiger partial charge in [-0.2, -0.15) is 0 Å². The Labute approximate surface area is 90.1 Å². The van der Waals surface area contributed by atoms with Crippen molar-refractivity contribution in [1.29, 1.82) is 0 Å². The summed E-state index contributed by atoms with van der Waals surface area (Å²) in [6.07, 6.45) is 6.09. The maximum atomic E-state index is 4.43. The van der Waals surface area contributed by atoms with Gasteiger partial charge in [-0.15, -0.1) is 0 Å². The summed E-state index contributed by atoms with van der Waals surface area (Å²) in [4.78, 5) is 4.43. The molecule has 1 N–H and O–H groups in total. The lowest BCUT2D eigenvalue weighted by Crippen LogP contribution is -2.10. The lowest BCUT2D eigenvalue weighted by atomic mass is 10.1. The molecule has 3 heteroatoms. The Bertz CT molecular complexity index is 445. The standard InChI is InChI=1S/C12H17N3/c1-3-12-14-9-11-10(6-7-13-2)5-4-8-15(11)12/h4-5,8-9,13H,3,6-7H2,1-2H3. The van der Waals surface area contributed by atoms with E-state index in [2.05, 4.69) is 40.0 Å². The van der Waals surface area contributed by atoms with Crippen molar-refractivity contribution in [2.75, 3.05) is 13.6 Å². The predicted molar refractivity (Wildman–Crippen MR) is 62.2 cm³/mol. The molecule has 2 aromatic heterocycles. The summed E-state index contributed by atoms with van der Waals surface area (Å²) in [5.74, 6) is 1.14. The zero-order chi connectivity index (χ0) is 10.7. The quantitative estimate of drug-likeness (QED) is 0.819. The molecule has 0 aromatic carbocycles. The van der Waals surface area contributed by atoms with Crippen LogP contribution in [0, 0.1) is 0 Å². The van der Waals surface area contributed by atoms with Crippen molar-refractivity contribution >= 4 is 5.52 Å². The van der Waals surface area contributed by atoms with Crippen LogP contribution in [0.5, 0.6) is 0 Å². The predicted octanol–water partition coefficient (Wildman–Crippen LogP) is 1.66. The SMILES string of the molecule is CCc1ncc2c(CCNC)cccn12. The summed E-state index contributed by atoms with van der Waals surface area (Å²) in [7, 11) is 1.98. The molecule has 0 aliphatic heterocycles. The Hall–Kier alpha value is -1.35. The van der Waals surface area contributed by atoms with Crippen molar-refractivity contribution in [2.45, 2.75) is 19.8 Å². The van der Waals surface area contributed by atoms with E-state index in [1.807, 2.05) is 13.2 Å². The topological polar surface area (TPSA) is 29.3 Å². The smallest absolute Gasteiger partial charge is 0.112 e. The van der Waals surface area contributed by atoms with E-state index in [0.29, 0.717) is 0 Å². The van der Waals surface area contributed by atoms with Crippen LogP contribution in [0.4, 0.5) is 0 Å². The Balaban J connectivity index is 2.42. The number of aromatic nitrogens is 2. The van der Waals surface area contributed by atoms with E-state index in [9.17, 15) is 0 Å². The third kappa shape index (κ3) is 1.88. The highest BCUT2D eigenvalue weighted by atomic mass is 15.0. The maximum Gasteiger partial charge on any atom is 0.112 e. The molecule has 0 bridgehead atoms. The van der Waals surface area contributed by atoms with Gasteiger partial charge in [0.1, 0.15) is 5.82 Å². The van der Waals surface area contributed by atoms with Crippen molar-refractivity contribution < 1.29 is 0 Å². The van der Waals surface area contributed by atoms with Crippen LogP contribution < -0.4 is 5.32 Å². The van der Waals surface area contributed by atoms with Crippen LogP contribution in [0.25, 0.3) is 5.52 Å². The molecule has 0 aliphatic carbocycles. The first-order valence-electron chi connectivity index (χ1n) is 5.45. The molecule has 0 spiro atoms. The summed E-state index contributed by atoms with van der Waals surface area (Å²) in [5, 5.41) is 3.17. The van der Waals surface area contributed by atoms with Crippen molar-refractivity contribution in [2.24, 2.45) is 0 Å². The molecule has 2 heterocycles. The third-order valence-corrected chi connectivity index (χ3v) is 2.70. The molecule has 0 saturated heterocycles. The van der Waals surface area contributed by atoms with Gasteiger partial charge >= 0.3 is 0 Å². The number of hydrogen-bond acceptors (Lipinski definition) is 2. The highest BCUT2D eigenvalue weighted by molar-refractivity contribution is 5.54. The molecule has 15 heavy (non-hydrogen) atoms. The minimum atomic E-state index is 0.976. The molecule has 3 nitrogen and oxygen atoms in total. The zero-order valence-electron chi connectivity index (χ0n) is 9.33. The van der Waals surface area contributed by atoms with Crippen molar-refractivity contribution in [3.8, 4) is 0 Å². The maximum absolute atomic E-state index is 4.43. The molecule has 0 fully saturated rings. The Kier molecular flexibility index (Phi) is 3.02. The van der Waals surface area contributed by atoms with Crippen molar-refractivity contribution in [3.05, 3.63) is 35.9 Å². The van der Waals surface area contributed by atoms with Gasteiger partial charge in [-0.1, -0.05) is 13.0 Å². The van der Waals surface area contributed by atoms with Gasteiger partial charge in [0.15, 0.2) is 0 Å². The molecule has 0 radical (unpaired) electrons. The van der Waals surface area contributed by atoms with E-state index in [4.69, 9.17) is 0 Å². The first-order chi connectivity index (χ1) is 7.36. The average Bonchev–Trinajstić information content (AvgIpc) is 2.69. The van der Waals surface area contributed by atoms with Gasteiger partial charge in [0.2, 0.25) is 0 Å². The second-order valence-electron chi connectivity index (χ2n) is 3.67. The van der Waals surface area contributed by atoms with E-state index in [1.54, 1.807) is 0 Å². The van der Waals surface area contributed by atoms with Crippen molar-refractivity contribution in [3.63, 3.8) is 0 Å². The number of hydrogen-bond donors (Lipinski definition) is 1. The summed E-state index contributed by atoms with van der Waals surface area (Å²) in [6.45, 7) is 3.14. The van der Waals surface area contributed by atoms with E-state index in [0.717, 1.165) is 25.2 Å². The van der Waals surface area contributed by atoms with Gasteiger partial charge in [0.25, 0.3) is 0 Å². The first kappa shape index (κ1) is 10.2. The van der Waals surface area contributed by atoms with Crippen LogP contribution in [0.2, 0.25) is 0 Å². The summed E-state index contributed by atoms with van der Waals surface area (Å²) in [5.41, 5.74) is 2.60. The Morgan fingerprint density at radius 3 is 3.07 bits per heavy atom. The number of nitrogens with zero attached hydrogens (tertiary/aromatic N) is 2. The monoisotopic (exact) mass is 203 g/mol. The molecule has 80 valence electrons. The first-order valence-corrected chi connectivity index (χ1v) is 5.45. The minimum Gasteiger partial charge on any atom is -0.319 e. The molecule has 2 rings (SSSR count). The Morgan fingerprint density at radius 1 is 1.47 bits per heavy atom. The van der Waals surface area contributed by atoms with Gasteiger partial charge in [-0.25, -0.2) is 4.98 Å². The van der Waals surface area contributed by atoms with Gasteiger partial charge in [-0.3, -0.25) is 0 Å². The largest absolute Gasteiger partial charge is 0.319 e. The molecule has 0 amide bonds. The van der Waals surface area contributed by atoms with Crippen LogP contribution in [0.3, 0.4) is 0 Å². The second-order valence-corrected chi connectivity index (χ2v) is 3.67. The molecule has 0 aliphatic rings. The van der Waals surface area contributed by atoms with Crippen molar-refractivity contribution in [1.82, 2.24) is 14.7 Å². The molecule has 0 atom stereocenters. The summed E-state index contributed by atoms with van der Waals surface area (Å²) < 4.78 is 2.19. The zero-order valence-corrected chi connectivity index (χ0v) is 9.33. The number of aryl methyl sites for hydroxylation is 1. The van der Waals surface area contributed by atoms with Crippen LogP contribution in [0.1, 0.15) is 18.3 Å². The lowest BCUT2D eigenvalue weighted by molar-refractivity contribution is 0.791. The number of nitrogens with one attached hydrogen (secondary N) is 1. The van der Waals surface area contributed by atoms with Gasteiger partial charge < -0.3 is 9.72 Å². The summed E-state index contributed by atoms with van der Waals surface area (Å²) in [6, 6.07) is 4.27. The van der Waals surface area contributed by atoms with E-state index >= 15 is 0 Å². The normalized spacial score (nSPS) is 11.1. The highest BCUT2D eigenvalue weighted by Crippen LogP contribution is 2.13.